The van der Waals surface area contributed by atoms with Crippen molar-refractivity contribution in [3.8, 4) is 0 Å². The fourth-order valence-corrected chi connectivity index (χ4v) is 4.97. The molecule has 0 aliphatic heterocycles. The molecule has 1 aliphatic carbocycles. The Morgan fingerprint density at radius 3 is 2.74 bits per heavy atom. The maximum atomic E-state index is 3.57. The van der Waals surface area contributed by atoms with Crippen molar-refractivity contribution in [1.82, 2.24) is 5.32 Å². The van der Waals surface area contributed by atoms with Gasteiger partial charge >= 0.3 is 0 Å². The minimum Gasteiger partial charge on any atom is -0.316 e. The lowest BCUT2D eigenvalue weighted by Gasteiger charge is -2.37. The summed E-state index contributed by atoms with van der Waals surface area (Å²) in [7, 11) is 2.11. The first kappa shape index (κ1) is 15.4. The second-order valence-electron chi connectivity index (χ2n) is 5.83. The quantitative estimate of drug-likeness (QED) is 0.830. The molecule has 0 amide bonds. The fraction of sp³-hybridized carbons (Fsp3) is 0.625. The molecule has 1 fully saturated rings. The van der Waals surface area contributed by atoms with Crippen molar-refractivity contribution < 1.29 is 0 Å². The maximum Gasteiger partial charge on any atom is 0.0251 e. The summed E-state index contributed by atoms with van der Waals surface area (Å²) in [5.41, 5.74) is 0. The smallest absolute Gasteiger partial charge is 0.0251 e. The molecule has 106 valence electrons. The number of nitrogens with one attached hydrogen (secondary N) is 1. The van der Waals surface area contributed by atoms with E-state index in [4.69, 9.17) is 0 Å². The van der Waals surface area contributed by atoms with Crippen molar-refractivity contribution >= 4 is 27.7 Å². The van der Waals surface area contributed by atoms with E-state index in [-0.39, 0.29) is 0 Å². The van der Waals surface area contributed by atoms with Crippen LogP contribution in [0.15, 0.2) is 33.6 Å². The molecular weight excluding hydrogens is 318 g/mol. The molecule has 0 radical (unpaired) electrons. The van der Waals surface area contributed by atoms with Crippen LogP contribution in [0.1, 0.15) is 33.1 Å². The van der Waals surface area contributed by atoms with Crippen LogP contribution in [-0.4, -0.2) is 18.3 Å². The number of thioether (sulfide) groups is 1. The average molecular weight is 342 g/mol. The lowest BCUT2D eigenvalue weighted by atomic mass is 9.79. The van der Waals surface area contributed by atoms with Crippen LogP contribution in [0, 0.1) is 11.8 Å². The second kappa shape index (κ2) is 7.14. The molecule has 1 nitrogen and oxygen atoms in total. The highest BCUT2D eigenvalue weighted by Crippen LogP contribution is 2.39. The highest BCUT2D eigenvalue weighted by atomic mass is 79.9. The van der Waals surface area contributed by atoms with Gasteiger partial charge in [0.05, 0.1) is 0 Å². The minimum atomic E-state index is 0.652. The third-order valence-electron chi connectivity index (χ3n) is 4.23. The standard InChI is InChI=1S/C16H24BrNS/c1-11(2)12-7-8-15(18-3)16(9-12)19-14-6-4-5-13(17)10-14/h4-6,10-12,15-16,18H,7-9H2,1-3H3. The number of hydrogen-bond acceptors (Lipinski definition) is 2. The van der Waals surface area contributed by atoms with E-state index in [0.29, 0.717) is 11.3 Å². The van der Waals surface area contributed by atoms with Gasteiger partial charge in [0.2, 0.25) is 0 Å². The van der Waals surface area contributed by atoms with E-state index in [2.05, 4.69) is 66.4 Å². The Labute approximate surface area is 130 Å². The summed E-state index contributed by atoms with van der Waals surface area (Å²) in [5.74, 6) is 1.69. The zero-order chi connectivity index (χ0) is 13.8. The highest BCUT2D eigenvalue weighted by molar-refractivity contribution is 9.10. The van der Waals surface area contributed by atoms with Gasteiger partial charge in [0.15, 0.2) is 0 Å². The molecule has 3 atom stereocenters. The van der Waals surface area contributed by atoms with Gasteiger partial charge in [-0.05, 0) is 56.3 Å². The summed E-state index contributed by atoms with van der Waals surface area (Å²) < 4.78 is 1.18. The van der Waals surface area contributed by atoms with Crippen LogP contribution < -0.4 is 5.32 Å². The zero-order valence-electron chi connectivity index (χ0n) is 12.0. The summed E-state index contributed by atoms with van der Waals surface area (Å²) in [4.78, 5) is 1.38. The summed E-state index contributed by atoms with van der Waals surface area (Å²) in [5, 5.41) is 4.21. The van der Waals surface area contributed by atoms with E-state index in [1.54, 1.807) is 0 Å². The molecule has 3 unspecified atom stereocenters. The van der Waals surface area contributed by atoms with Crippen LogP contribution in [0.2, 0.25) is 0 Å². The summed E-state index contributed by atoms with van der Waals surface area (Å²) in [6.07, 6.45) is 4.02. The van der Waals surface area contributed by atoms with E-state index in [1.165, 1.54) is 28.6 Å². The lowest BCUT2D eigenvalue weighted by Crippen LogP contribution is -2.41. The lowest BCUT2D eigenvalue weighted by molar-refractivity contribution is 0.251. The topological polar surface area (TPSA) is 12.0 Å². The normalized spacial score (nSPS) is 27.7. The Balaban J connectivity index is 2.06. The van der Waals surface area contributed by atoms with E-state index >= 15 is 0 Å². The van der Waals surface area contributed by atoms with Gasteiger partial charge in [-0.25, -0.2) is 0 Å². The minimum absolute atomic E-state index is 0.652. The summed E-state index contributed by atoms with van der Waals surface area (Å²) in [6.45, 7) is 4.73. The van der Waals surface area contributed by atoms with Crippen molar-refractivity contribution in [1.29, 1.82) is 0 Å². The predicted octanol–water partition coefficient (Wildman–Crippen LogP) is 4.95. The fourth-order valence-electron chi connectivity index (χ4n) is 2.94. The molecule has 2 rings (SSSR count). The number of halogens is 1. The predicted molar refractivity (Wildman–Crippen MR) is 88.8 cm³/mol. The molecule has 1 saturated carbocycles. The Morgan fingerprint density at radius 1 is 1.32 bits per heavy atom. The van der Waals surface area contributed by atoms with E-state index in [0.717, 1.165) is 11.8 Å². The molecule has 0 bridgehead atoms. The zero-order valence-corrected chi connectivity index (χ0v) is 14.4. The van der Waals surface area contributed by atoms with Gasteiger partial charge in [0, 0.05) is 20.7 Å². The van der Waals surface area contributed by atoms with Gasteiger partial charge in [-0.2, -0.15) is 0 Å². The molecule has 0 spiro atoms. The molecule has 3 heteroatoms. The van der Waals surface area contributed by atoms with Gasteiger partial charge in [0.25, 0.3) is 0 Å². The first-order valence-electron chi connectivity index (χ1n) is 7.19. The van der Waals surface area contributed by atoms with Gasteiger partial charge in [-0.1, -0.05) is 35.8 Å². The van der Waals surface area contributed by atoms with Crippen LogP contribution >= 0.6 is 27.7 Å². The number of benzene rings is 1. The molecule has 0 heterocycles. The third-order valence-corrected chi connectivity index (χ3v) is 6.07. The van der Waals surface area contributed by atoms with Gasteiger partial charge in [-0.3, -0.25) is 0 Å². The van der Waals surface area contributed by atoms with Crippen molar-refractivity contribution in [2.75, 3.05) is 7.05 Å². The first-order chi connectivity index (χ1) is 9.10. The van der Waals surface area contributed by atoms with Crippen molar-refractivity contribution in [3.05, 3.63) is 28.7 Å². The van der Waals surface area contributed by atoms with E-state index in [1.807, 2.05) is 11.8 Å². The SMILES string of the molecule is CNC1CCC(C(C)C)CC1Sc1cccc(Br)c1. The highest BCUT2D eigenvalue weighted by Gasteiger charge is 2.31. The summed E-state index contributed by atoms with van der Waals surface area (Å²) >= 11 is 5.61. The maximum absolute atomic E-state index is 3.57. The van der Waals surface area contributed by atoms with Crippen molar-refractivity contribution in [2.45, 2.75) is 49.3 Å². The third kappa shape index (κ3) is 4.24. The van der Waals surface area contributed by atoms with Crippen LogP contribution in [-0.2, 0) is 0 Å². The molecular formula is C16H24BrNS. The molecule has 1 aliphatic rings. The van der Waals surface area contributed by atoms with E-state index in [9.17, 15) is 0 Å². The van der Waals surface area contributed by atoms with Crippen molar-refractivity contribution in [3.63, 3.8) is 0 Å². The Morgan fingerprint density at radius 2 is 2.11 bits per heavy atom. The Kier molecular flexibility index (Phi) is 5.79. The van der Waals surface area contributed by atoms with E-state index < -0.39 is 0 Å². The van der Waals surface area contributed by atoms with Gasteiger partial charge in [-0.15, -0.1) is 11.8 Å². The van der Waals surface area contributed by atoms with Crippen LogP contribution in [0.25, 0.3) is 0 Å². The monoisotopic (exact) mass is 341 g/mol. The second-order valence-corrected chi connectivity index (χ2v) is 8.05. The van der Waals surface area contributed by atoms with Crippen molar-refractivity contribution in [2.24, 2.45) is 11.8 Å². The molecule has 1 N–H and O–H groups in total. The molecule has 0 aromatic heterocycles. The number of hydrogen-bond donors (Lipinski definition) is 1. The molecule has 1 aromatic rings. The molecule has 0 saturated heterocycles. The largest absolute Gasteiger partial charge is 0.316 e. The Hall–Kier alpha value is 0.01000. The first-order valence-corrected chi connectivity index (χ1v) is 8.87. The van der Waals surface area contributed by atoms with Crippen LogP contribution in [0.3, 0.4) is 0 Å². The van der Waals surface area contributed by atoms with Gasteiger partial charge < -0.3 is 5.32 Å². The average Bonchev–Trinajstić information content (AvgIpc) is 2.38. The number of rotatable bonds is 4. The van der Waals surface area contributed by atoms with Crippen LogP contribution in [0.5, 0.6) is 0 Å². The summed E-state index contributed by atoms with van der Waals surface area (Å²) in [6, 6.07) is 9.33. The Bertz CT molecular complexity index is 407. The van der Waals surface area contributed by atoms with Crippen LogP contribution in [0.4, 0.5) is 0 Å². The van der Waals surface area contributed by atoms with Gasteiger partial charge in [0.1, 0.15) is 0 Å². The molecule has 19 heavy (non-hydrogen) atoms. The molecule has 1 aromatic carbocycles.